The number of nitrogens with two attached hydrogens (primary N) is 1. The zero-order valence-corrected chi connectivity index (χ0v) is 16.3. The van der Waals surface area contributed by atoms with Gasteiger partial charge in [0, 0.05) is 5.75 Å². The van der Waals surface area contributed by atoms with Crippen LogP contribution in [0.3, 0.4) is 0 Å². The van der Waals surface area contributed by atoms with Gasteiger partial charge in [-0.15, -0.1) is 0 Å². The Morgan fingerprint density at radius 1 is 1.39 bits per heavy atom. The molecule has 0 aromatic carbocycles. The van der Waals surface area contributed by atoms with Crippen LogP contribution >= 0.6 is 28.3 Å². The number of hydrogen-bond acceptors (Lipinski definition) is 11. The summed E-state index contributed by atoms with van der Waals surface area (Å²) in [6, 6.07) is 0. The number of aliphatic hydroxyl groups excluding tert-OH is 1. The number of imidazole rings is 1. The molecule has 0 bridgehead atoms. The molecule has 15 nitrogen and oxygen atoms in total. The average molecular weight is 459 g/mol. The van der Waals surface area contributed by atoms with Crippen molar-refractivity contribution in [3.05, 3.63) is 16.7 Å². The molecule has 7 N–H and O–H groups in total. The number of phosphoric ester groups is 1. The van der Waals surface area contributed by atoms with Gasteiger partial charge in [-0.05, 0) is 0 Å². The lowest BCUT2D eigenvalue weighted by Crippen LogP contribution is -2.34. The van der Waals surface area contributed by atoms with E-state index in [1.165, 1.54) is 0 Å². The molecule has 1 aliphatic heterocycles. The summed E-state index contributed by atoms with van der Waals surface area (Å²) in [5.41, 5.74) is 4.72. The number of nitrogen functional groups attached to an aromatic ring is 1. The van der Waals surface area contributed by atoms with Crippen molar-refractivity contribution in [2.24, 2.45) is 0 Å². The molecule has 5 atom stereocenters. The highest BCUT2D eigenvalue weighted by molar-refractivity contribution is 7.80. The van der Waals surface area contributed by atoms with E-state index >= 15 is 0 Å². The van der Waals surface area contributed by atoms with E-state index in [4.69, 9.17) is 24.8 Å². The summed E-state index contributed by atoms with van der Waals surface area (Å²) in [6.45, 7) is 0. The Morgan fingerprint density at radius 2 is 2.07 bits per heavy atom. The van der Waals surface area contributed by atoms with E-state index in [1.807, 2.05) is 0 Å². The van der Waals surface area contributed by atoms with Crippen LogP contribution in [0, 0.1) is 0 Å². The number of aromatic amines is 1. The second kappa shape index (κ2) is 7.50. The standard InChI is InChI=1S/C10H15N5O10P2S/c11-10-13-7-4(8(17)14-10)12-2-15(7)9-5(16)6(3(1-28)23-9)24-27(21,22)25-26(18,19)20/h2-3,5-6,9,16,28H,1H2,(H,21,22)(H2,18,19,20)(H3,11,13,14,17). The number of thiol groups is 1. The third kappa shape index (κ3) is 4.31. The van der Waals surface area contributed by atoms with Crippen molar-refractivity contribution < 1.29 is 42.5 Å². The second-order valence-corrected chi connectivity index (χ2v) is 8.77. The molecule has 0 saturated carbocycles. The molecular formula is C10H15N5O10P2S. The Kier molecular flexibility index (Phi) is 5.73. The number of hydrogen-bond donors (Lipinski definition) is 7. The van der Waals surface area contributed by atoms with E-state index in [-0.39, 0.29) is 22.9 Å². The molecule has 5 unspecified atom stereocenters. The first-order valence-electron chi connectivity index (χ1n) is 7.36. The van der Waals surface area contributed by atoms with Crippen LogP contribution in [0.4, 0.5) is 5.95 Å². The van der Waals surface area contributed by atoms with Crippen LogP contribution in [0.5, 0.6) is 0 Å². The zero-order chi connectivity index (χ0) is 20.9. The van der Waals surface area contributed by atoms with Gasteiger partial charge < -0.3 is 30.3 Å². The van der Waals surface area contributed by atoms with Gasteiger partial charge in [0.1, 0.15) is 12.2 Å². The molecule has 0 radical (unpaired) electrons. The number of nitrogens with one attached hydrogen (secondary N) is 1. The van der Waals surface area contributed by atoms with Crippen LogP contribution in [0.25, 0.3) is 11.2 Å². The molecule has 156 valence electrons. The minimum atomic E-state index is -5.36. The van der Waals surface area contributed by atoms with Crippen molar-refractivity contribution in [3.63, 3.8) is 0 Å². The minimum Gasteiger partial charge on any atom is -0.386 e. The molecule has 0 spiro atoms. The first-order valence-corrected chi connectivity index (χ1v) is 11.0. The summed E-state index contributed by atoms with van der Waals surface area (Å²) in [5.74, 6) is -0.336. The van der Waals surface area contributed by atoms with Gasteiger partial charge in [-0.2, -0.15) is 21.9 Å². The van der Waals surface area contributed by atoms with E-state index in [0.717, 1.165) is 10.9 Å². The monoisotopic (exact) mass is 459 g/mol. The molecule has 1 aliphatic rings. The number of phosphoric acid groups is 2. The maximum atomic E-state index is 11.9. The minimum absolute atomic E-state index is 0.0393. The number of aliphatic hydroxyl groups is 1. The fraction of sp³-hybridized carbons (Fsp3) is 0.500. The number of H-pyrrole nitrogens is 1. The van der Waals surface area contributed by atoms with Crippen LogP contribution < -0.4 is 11.3 Å². The summed E-state index contributed by atoms with van der Waals surface area (Å²) in [4.78, 5) is 48.8. The molecule has 2 aromatic heterocycles. The Bertz CT molecular complexity index is 1040. The smallest absolute Gasteiger partial charge is 0.386 e. The molecule has 0 aliphatic carbocycles. The maximum Gasteiger partial charge on any atom is 0.481 e. The lowest BCUT2D eigenvalue weighted by Gasteiger charge is -2.22. The topological polar surface area (TPSA) is 232 Å². The lowest BCUT2D eigenvalue weighted by atomic mass is 10.1. The van der Waals surface area contributed by atoms with Gasteiger partial charge in [0.15, 0.2) is 17.4 Å². The van der Waals surface area contributed by atoms with Crippen LogP contribution in [0.1, 0.15) is 6.23 Å². The number of fused-ring (bicyclic) bond motifs is 1. The van der Waals surface area contributed by atoms with Crippen LogP contribution in [0.2, 0.25) is 0 Å². The van der Waals surface area contributed by atoms with E-state index in [2.05, 4.69) is 31.9 Å². The summed E-state index contributed by atoms with van der Waals surface area (Å²) < 4.78 is 37.7. The Hall–Kier alpha value is -1.32. The fourth-order valence-corrected chi connectivity index (χ4v) is 4.75. The Balaban J connectivity index is 1.93. The predicted octanol–water partition coefficient (Wildman–Crippen LogP) is -1.52. The van der Waals surface area contributed by atoms with Crippen molar-refractivity contribution in [1.82, 2.24) is 19.5 Å². The molecule has 18 heteroatoms. The summed E-state index contributed by atoms with van der Waals surface area (Å²) >= 11 is 4.00. The molecule has 28 heavy (non-hydrogen) atoms. The van der Waals surface area contributed by atoms with E-state index in [9.17, 15) is 23.9 Å². The van der Waals surface area contributed by atoms with E-state index < -0.39 is 45.7 Å². The van der Waals surface area contributed by atoms with Gasteiger partial charge in [-0.3, -0.25) is 18.9 Å². The van der Waals surface area contributed by atoms with Crippen molar-refractivity contribution in [2.45, 2.75) is 24.5 Å². The first kappa shape index (κ1) is 21.4. The molecule has 0 amide bonds. The summed E-state index contributed by atoms with van der Waals surface area (Å²) in [6.07, 6.45) is -4.49. The van der Waals surface area contributed by atoms with Gasteiger partial charge in [0.2, 0.25) is 5.95 Å². The second-order valence-electron chi connectivity index (χ2n) is 5.62. The highest BCUT2D eigenvalue weighted by Gasteiger charge is 2.49. The van der Waals surface area contributed by atoms with Gasteiger partial charge in [0.05, 0.1) is 12.4 Å². The highest BCUT2D eigenvalue weighted by atomic mass is 32.1. The van der Waals surface area contributed by atoms with Crippen LogP contribution in [0.15, 0.2) is 11.1 Å². The lowest BCUT2D eigenvalue weighted by molar-refractivity contribution is -0.0287. The number of nitrogens with zero attached hydrogens (tertiary/aromatic N) is 3. The first-order chi connectivity index (χ1) is 12.9. The largest absolute Gasteiger partial charge is 0.481 e. The van der Waals surface area contributed by atoms with Gasteiger partial charge >= 0.3 is 15.6 Å². The summed E-state index contributed by atoms with van der Waals surface area (Å²) in [7, 11) is -10.6. The SMILES string of the molecule is Nc1nc2c(ncn2C2OC(CS)C(OP(=O)(O)OP(=O)(O)O)C2O)c(=O)[nH]1. The van der Waals surface area contributed by atoms with Gasteiger partial charge in [0.25, 0.3) is 5.56 Å². The third-order valence-electron chi connectivity index (χ3n) is 3.68. The summed E-state index contributed by atoms with van der Waals surface area (Å²) in [5, 5.41) is 10.5. The third-order valence-corrected chi connectivity index (χ3v) is 6.22. The van der Waals surface area contributed by atoms with Crippen molar-refractivity contribution in [1.29, 1.82) is 0 Å². The van der Waals surface area contributed by atoms with E-state index in [0.29, 0.717) is 0 Å². The zero-order valence-electron chi connectivity index (χ0n) is 13.6. The maximum absolute atomic E-state index is 11.9. The highest BCUT2D eigenvalue weighted by Crippen LogP contribution is 2.59. The number of rotatable bonds is 6. The van der Waals surface area contributed by atoms with Gasteiger partial charge in [-0.1, -0.05) is 0 Å². The van der Waals surface area contributed by atoms with Gasteiger partial charge in [-0.25, -0.2) is 14.1 Å². The average Bonchev–Trinajstić information content (AvgIpc) is 3.07. The normalized spacial score (nSPS) is 27.9. The van der Waals surface area contributed by atoms with E-state index in [1.54, 1.807) is 0 Å². The number of aromatic nitrogens is 4. The molecule has 3 heterocycles. The molecule has 1 fully saturated rings. The molecular weight excluding hydrogens is 444 g/mol. The predicted molar refractivity (Wildman–Crippen MR) is 94.2 cm³/mol. The van der Waals surface area contributed by atoms with Crippen molar-refractivity contribution in [2.75, 3.05) is 11.5 Å². The number of anilines is 1. The Labute approximate surface area is 160 Å². The molecule has 1 saturated heterocycles. The molecule has 2 aromatic rings. The quantitative estimate of drug-likeness (QED) is 0.192. The Morgan fingerprint density at radius 3 is 2.68 bits per heavy atom. The van der Waals surface area contributed by atoms with Crippen molar-refractivity contribution in [3.8, 4) is 0 Å². The fourth-order valence-electron chi connectivity index (χ4n) is 2.66. The van der Waals surface area contributed by atoms with Crippen molar-refractivity contribution >= 4 is 45.4 Å². The van der Waals surface area contributed by atoms with Crippen LogP contribution in [-0.2, 0) is 22.7 Å². The number of ether oxygens (including phenoxy) is 1. The van der Waals surface area contributed by atoms with Crippen LogP contribution in [-0.4, -0.2) is 63.4 Å². The molecule has 3 rings (SSSR count).